The minimum absolute atomic E-state index is 0.105. The molecular formula is C15H19N3O3. The van der Waals surface area contributed by atoms with Crippen LogP contribution in [0.25, 0.3) is 10.9 Å². The minimum atomic E-state index is -0.491. The van der Waals surface area contributed by atoms with Crippen LogP contribution in [-0.4, -0.2) is 21.5 Å². The van der Waals surface area contributed by atoms with Crippen molar-refractivity contribution >= 4 is 16.8 Å². The van der Waals surface area contributed by atoms with Crippen molar-refractivity contribution in [2.45, 2.75) is 39.3 Å². The van der Waals surface area contributed by atoms with Crippen molar-refractivity contribution in [3.05, 3.63) is 45.1 Å². The standard InChI is InChI=1S/C15H19N3O3/c1-3-10(2)16-13(19)8-9-18-12-7-5-4-6-11(12)14(20)17-15(18)21/h4-7,10H,3,8-9H2,1-2H3,(H,16,19)(H,17,20,21)/t10-/m1/s1. The summed E-state index contributed by atoms with van der Waals surface area (Å²) in [5.74, 6) is -0.105. The lowest BCUT2D eigenvalue weighted by atomic mass is 10.2. The van der Waals surface area contributed by atoms with Gasteiger partial charge in [0.15, 0.2) is 0 Å². The number of benzene rings is 1. The van der Waals surface area contributed by atoms with Crippen molar-refractivity contribution in [3.63, 3.8) is 0 Å². The second kappa shape index (κ2) is 6.39. The highest BCUT2D eigenvalue weighted by Crippen LogP contribution is 2.07. The third-order valence-electron chi connectivity index (χ3n) is 3.49. The normalized spacial score (nSPS) is 12.3. The number of nitrogens with one attached hydrogen (secondary N) is 2. The largest absolute Gasteiger partial charge is 0.354 e. The van der Waals surface area contributed by atoms with E-state index in [9.17, 15) is 14.4 Å². The number of hydrogen-bond donors (Lipinski definition) is 2. The van der Waals surface area contributed by atoms with E-state index in [2.05, 4.69) is 10.3 Å². The quantitative estimate of drug-likeness (QED) is 0.861. The summed E-state index contributed by atoms with van der Waals surface area (Å²) in [4.78, 5) is 37.7. The molecule has 1 amide bonds. The molecule has 2 rings (SSSR count). The minimum Gasteiger partial charge on any atom is -0.354 e. The van der Waals surface area contributed by atoms with Crippen molar-refractivity contribution in [2.24, 2.45) is 0 Å². The van der Waals surface area contributed by atoms with E-state index in [1.54, 1.807) is 24.3 Å². The maximum atomic E-state index is 11.9. The summed E-state index contributed by atoms with van der Waals surface area (Å²) in [6, 6.07) is 6.97. The first-order valence-electron chi connectivity index (χ1n) is 7.04. The van der Waals surface area contributed by atoms with Gasteiger partial charge in [0.25, 0.3) is 5.56 Å². The van der Waals surface area contributed by atoms with Crippen molar-refractivity contribution in [1.29, 1.82) is 0 Å². The van der Waals surface area contributed by atoms with Crippen LogP contribution in [0.3, 0.4) is 0 Å². The Balaban J connectivity index is 2.25. The summed E-state index contributed by atoms with van der Waals surface area (Å²) in [7, 11) is 0. The number of para-hydroxylation sites is 1. The van der Waals surface area contributed by atoms with E-state index in [1.165, 1.54) is 4.57 Å². The monoisotopic (exact) mass is 289 g/mol. The molecule has 0 aliphatic rings. The number of fused-ring (bicyclic) bond motifs is 1. The number of carbonyl (C=O) groups excluding carboxylic acids is 1. The predicted octanol–water partition coefficient (Wildman–Crippen LogP) is 0.995. The fourth-order valence-electron chi connectivity index (χ4n) is 2.13. The summed E-state index contributed by atoms with van der Waals surface area (Å²) >= 11 is 0. The maximum absolute atomic E-state index is 11.9. The van der Waals surface area contributed by atoms with Gasteiger partial charge in [-0.25, -0.2) is 4.79 Å². The molecule has 6 heteroatoms. The molecule has 2 aromatic rings. The Kier molecular flexibility index (Phi) is 4.57. The first kappa shape index (κ1) is 15.0. The topological polar surface area (TPSA) is 84.0 Å². The molecule has 0 saturated carbocycles. The number of aromatic nitrogens is 2. The Hall–Kier alpha value is -2.37. The van der Waals surface area contributed by atoms with Crippen LogP contribution in [0.4, 0.5) is 0 Å². The highest BCUT2D eigenvalue weighted by molar-refractivity contribution is 5.78. The third kappa shape index (κ3) is 3.39. The van der Waals surface area contributed by atoms with Crippen LogP contribution in [-0.2, 0) is 11.3 Å². The highest BCUT2D eigenvalue weighted by atomic mass is 16.2. The van der Waals surface area contributed by atoms with Gasteiger partial charge in [-0.2, -0.15) is 0 Å². The van der Waals surface area contributed by atoms with E-state index in [1.807, 2.05) is 13.8 Å². The molecular weight excluding hydrogens is 270 g/mol. The van der Waals surface area contributed by atoms with E-state index < -0.39 is 11.2 Å². The molecule has 1 atom stereocenters. The Morgan fingerprint density at radius 3 is 2.76 bits per heavy atom. The average Bonchev–Trinajstić information content (AvgIpc) is 2.46. The zero-order chi connectivity index (χ0) is 15.4. The lowest BCUT2D eigenvalue weighted by Gasteiger charge is -2.12. The van der Waals surface area contributed by atoms with Crippen LogP contribution in [0, 0.1) is 0 Å². The second-order valence-electron chi connectivity index (χ2n) is 5.05. The summed E-state index contributed by atoms with van der Waals surface area (Å²) in [5.41, 5.74) is -0.353. The Labute approximate surface area is 121 Å². The molecule has 0 fully saturated rings. The molecule has 0 saturated heterocycles. The zero-order valence-corrected chi connectivity index (χ0v) is 12.2. The SMILES string of the molecule is CC[C@@H](C)NC(=O)CCn1c(=O)[nH]c(=O)c2ccccc21. The van der Waals surface area contributed by atoms with Crippen LogP contribution in [0.5, 0.6) is 0 Å². The number of aryl methyl sites for hydroxylation is 1. The van der Waals surface area contributed by atoms with Gasteiger partial charge >= 0.3 is 5.69 Å². The molecule has 1 aromatic heterocycles. The van der Waals surface area contributed by atoms with Gasteiger partial charge in [0.2, 0.25) is 5.91 Å². The van der Waals surface area contributed by atoms with Crippen molar-refractivity contribution in [1.82, 2.24) is 14.9 Å². The van der Waals surface area contributed by atoms with E-state index in [4.69, 9.17) is 0 Å². The number of aromatic amines is 1. The summed E-state index contributed by atoms with van der Waals surface area (Å²) in [6.07, 6.45) is 1.05. The zero-order valence-electron chi connectivity index (χ0n) is 12.2. The summed E-state index contributed by atoms with van der Waals surface area (Å²) in [5, 5.41) is 3.30. The lowest BCUT2D eigenvalue weighted by molar-refractivity contribution is -0.121. The molecule has 0 bridgehead atoms. The molecule has 0 aliphatic carbocycles. The first-order chi connectivity index (χ1) is 10.0. The summed E-state index contributed by atoms with van der Waals surface area (Å²) in [6.45, 7) is 4.16. The highest BCUT2D eigenvalue weighted by Gasteiger charge is 2.10. The van der Waals surface area contributed by atoms with Gasteiger partial charge in [0.05, 0.1) is 10.9 Å². The summed E-state index contributed by atoms with van der Waals surface area (Å²) < 4.78 is 1.42. The van der Waals surface area contributed by atoms with Gasteiger partial charge in [0.1, 0.15) is 0 Å². The molecule has 112 valence electrons. The first-order valence-corrected chi connectivity index (χ1v) is 7.04. The molecule has 0 radical (unpaired) electrons. The molecule has 1 heterocycles. The van der Waals surface area contributed by atoms with Gasteiger partial charge in [-0.05, 0) is 25.5 Å². The van der Waals surface area contributed by atoms with Crippen molar-refractivity contribution in [3.8, 4) is 0 Å². The van der Waals surface area contributed by atoms with E-state index in [-0.39, 0.29) is 24.9 Å². The van der Waals surface area contributed by atoms with E-state index in [0.717, 1.165) is 6.42 Å². The van der Waals surface area contributed by atoms with Gasteiger partial charge < -0.3 is 5.32 Å². The van der Waals surface area contributed by atoms with Crippen LogP contribution in [0.1, 0.15) is 26.7 Å². The fraction of sp³-hybridized carbons (Fsp3) is 0.400. The number of nitrogens with zero attached hydrogens (tertiary/aromatic N) is 1. The molecule has 21 heavy (non-hydrogen) atoms. The Morgan fingerprint density at radius 1 is 1.33 bits per heavy atom. The third-order valence-corrected chi connectivity index (χ3v) is 3.49. The molecule has 0 unspecified atom stereocenters. The number of H-pyrrole nitrogens is 1. The Bertz CT molecular complexity index is 761. The van der Waals surface area contributed by atoms with Gasteiger partial charge in [-0.1, -0.05) is 19.1 Å². The van der Waals surface area contributed by atoms with Crippen LogP contribution in [0.15, 0.2) is 33.9 Å². The number of hydrogen-bond acceptors (Lipinski definition) is 3. The number of rotatable bonds is 5. The van der Waals surface area contributed by atoms with E-state index in [0.29, 0.717) is 10.9 Å². The Morgan fingerprint density at radius 2 is 2.05 bits per heavy atom. The number of amides is 1. The molecule has 1 aromatic carbocycles. The van der Waals surface area contributed by atoms with Crippen LogP contribution >= 0.6 is 0 Å². The van der Waals surface area contributed by atoms with Gasteiger partial charge in [-0.15, -0.1) is 0 Å². The maximum Gasteiger partial charge on any atom is 0.328 e. The molecule has 0 aliphatic heterocycles. The smallest absolute Gasteiger partial charge is 0.328 e. The average molecular weight is 289 g/mol. The van der Waals surface area contributed by atoms with E-state index >= 15 is 0 Å². The van der Waals surface area contributed by atoms with Gasteiger partial charge in [0, 0.05) is 19.0 Å². The molecule has 0 spiro atoms. The molecule has 6 nitrogen and oxygen atoms in total. The predicted molar refractivity (Wildman–Crippen MR) is 81.3 cm³/mol. The van der Waals surface area contributed by atoms with Gasteiger partial charge in [-0.3, -0.25) is 19.1 Å². The fourth-order valence-corrected chi connectivity index (χ4v) is 2.13. The van der Waals surface area contributed by atoms with Crippen LogP contribution < -0.4 is 16.6 Å². The lowest BCUT2D eigenvalue weighted by Crippen LogP contribution is -2.35. The van der Waals surface area contributed by atoms with Crippen LogP contribution in [0.2, 0.25) is 0 Å². The number of carbonyl (C=O) groups is 1. The molecule has 2 N–H and O–H groups in total. The second-order valence-corrected chi connectivity index (χ2v) is 5.05. The van der Waals surface area contributed by atoms with Crippen molar-refractivity contribution in [2.75, 3.05) is 0 Å². The van der Waals surface area contributed by atoms with Crippen molar-refractivity contribution < 1.29 is 4.79 Å².